The molecule has 5 nitrogen and oxygen atoms in total. The van der Waals surface area contributed by atoms with E-state index in [1.807, 2.05) is 11.9 Å². The van der Waals surface area contributed by atoms with Gasteiger partial charge in [-0.05, 0) is 18.7 Å². The van der Waals surface area contributed by atoms with E-state index in [1.54, 1.807) is 0 Å². The van der Waals surface area contributed by atoms with E-state index < -0.39 is 23.1 Å². The lowest BCUT2D eigenvalue weighted by molar-refractivity contribution is -0.149. The van der Waals surface area contributed by atoms with Crippen molar-refractivity contribution in [1.29, 1.82) is 0 Å². The summed E-state index contributed by atoms with van der Waals surface area (Å²) in [4.78, 5) is 27.6. The van der Waals surface area contributed by atoms with Gasteiger partial charge in [0.25, 0.3) is 0 Å². The van der Waals surface area contributed by atoms with Gasteiger partial charge in [0.15, 0.2) is 0 Å². The van der Waals surface area contributed by atoms with Gasteiger partial charge in [-0.3, -0.25) is 9.59 Å². The summed E-state index contributed by atoms with van der Waals surface area (Å²) in [6.45, 7) is 1.41. The highest BCUT2D eigenvalue weighted by atomic mass is 19.4. The average molecular weight is 356 g/mol. The van der Waals surface area contributed by atoms with Gasteiger partial charge >= 0.3 is 12.1 Å². The fourth-order valence-electron chi connectivity index (χ4n) is 3.95. The molecule has 1 N–H and O–H groups in total. The van der Waals surface area contributed by atoms with Crippen LogP contribution >= 0.6 is 0 Å². The normalized spacial score (nSPS) is 26.7. The molecule has 0 aliphatic carbocycles. The molecule has 2 saturated heterocycles. The summed E-state index contributed by atoms with van der Waals surface area (Å²) >= 11 is 0. The minimum atomic E-state index is -4.46. The number of aliphatic carboxylic acids is 1. The van der Waals surface area contributed by atoms with Crippen LogP contribution in [-0.2, 0) is 22.2 Å². The molecule has 2 aliphatic rings. The number of halogens is 3. The van der Waals surface area contributed by atoms with Crippen LogP contribution in [0.3, 0.4) is 0 Å². The molecular formula is C17H19F3N2O3. The number of hydrogen-bond acceptors (Lipinski definition) is 3. The monoisotopic (exact) mass is 356 g/mol. The third kappa shape index (κ3) is 3.22. The van der Waals surface area contributed by atoms with Gasteiger partial charge in [0.05, 0.1) is 12.0 Å². The van der Waals surface area contributed by atoms with Crippen LogP contribution in [0.2, 0.25) is 0 Å². The zero-order chi connectivity index (χ0) is 18.4. The minimum Gasteiger partial charge on any atom is -0.481 e. The summed E-state index contributed by atoms with van der Waals surface area (Å²) in [5, 5.41) is 9.62. The van der Waals surface area contributed by atoms with Crippen LogP contribution in [0.1, 0.15) is 11.1 Å². The molecule has 1 amide bonds. The molecule has 1 aromatic carbocycles. The van der Waals surface area contributed by atoms with Gasteiger partial charge in [0.2, 0.25) is 5.91 Å². The van der Waals surface area contributed by atoms with Crippen LogP contribution in [-0.4, -0.2) is 60.0 Å². The van der Waals surface area contributed by atoms with E-state index in [1.165, 1.54) is 17.0 Å². The summed E-state index contributed by atoms with van der Waals surface area (Å²) in [6.07, 6.45) is -4.62. The van der Waals surface area contributed by atoms with Crippen molar-refractivity contribution in [1.82, 2.24) is 9.80 Å². The second-order valence-corrected chi connectivity index (χ2v) is 7.00. The Kier molecular flexibility index (Phi) is 4.26. The zero-order valence-corrected chi connectivity index (χ0v) is 13.7. The van der Waals surface area contributed by atoms with E-state index in [-0.39, 0.29) is 30.4 Å². The molecule has 2 aliphatic heterocycles. The van der Waals surface area contributed by atoms with Crippen LogP contribution in [0.4, 0.5) is 13.2 Å². The topological polar surface area (TPSA) is 60.9 Å². The molecule has 0 spiro atoms. The van der Waals surface area contributed by atoms with Gasteiger partial charge < -0.3 is 14.9 Å². The molecule has 136 valence electrons. The van der Waals surface area contributed by atoms with E-state index in [9.17, 15) is 27.9 Å². The van der Waals surface area contributed by atoms with Gasteiger partial charge in [0.1, 0.15) is 5.41 Å². The van der Waals surface area contributed by atoms with Crippen LogP contribution in [0.15, 0.2) is 24.3 Å². The first-order valence-electron chi connectivity index (χ1n) is 7.98. The fraction of sp³-hybridized carbons (Fsp3) is 0.529. The maximum Gasteiger partial charge on any atom is 0.416 e. The average Bonchev–Trinajstić information content (AvgIpc) is 3.00. The van der Waals surface area contributed by atoms with E-state index in [0.717, 1.165) is 12.1 Å². The molecule has 3 rings (SSSR count). The van der Waals surface area contributed by atoms with Crippen molar-refractivity contribution in [3.05, 3.63) is 35.4 Å². The summed E-state index contributed by atoms with van der Waals surface area (Å²) in [5.41, 5.74) is -1.49. The Morgan fingerprint density at radius 2 is 2.00 bits per heavy atom. The molecule has 0 bridgehead atoms. The van der Waals surface area contributed by atoms with Gasteiger partial charge in [-0.15, -0.1) is 0 Å². The highest BCUT2D eigenvalue weighted by Gasteiger charge is 2.57. The fourth-order valence-corrected chi connectivity index (χ4v) is 3.95. The van der Waals surface area contributed by atoms with Crippen LogP contribution in [0.25, 0.3) is 0 Å². The Morgan fingerprint density at radius 3 is 2.60 bits per heavy atom. The predicted molar refractivity (Wildman–Crippen MR) is 82.8 cm³/mol. The molecule has 0 radical (unpaired) electrons. The van der Waals surface area contributed by atoms with Crippen molar-refractivity contribution in [3.8, 4) is 0 Å². The number of rotatable bonds is 3. The number of carboxylic acids is 1. The number of carboxylic acid groups (broad SMARTS) is 1. The van der Waals surface area contributed by atoms with Gasteiger partial charge in [-0.25, -0.2) is 0 Å². The van der Waals surface area contributed by atoms with Crippen molar-refractivity contribution in [2.75, 3.05) is 33.2 Å². The largest absolute Gasteiger partial charge is 0.481 e. The summed E-state index contributed by atoms with van der Waals surface area (Å²) in [7, 11) is 1.85. The summed E-state index contributed by atoms with van der Waals surface area (Å²) in [5.74, 6) is -1.41. The van der Waals surface area contributed by atoms with Gasteiger partial charge in [-0.2, -0.15) is 13.2 Å². The lowest BCUT2D eigenvalue weighted by Gasteiger charge is -2.24. The number of fused-ring (bicyclic) bond motifs is 1. The third-order valence-electron chi connectivity index (χ3n) is 5.17. The third-order valence-corrected chi connectivity index (χ3v) is 5.17. The molecule has 2 heterocycles. The summed E-state index contributed by atoms with van der Waals surface area (Å²) < 4.78 is 38.3. The number of benzene rings is 1. The molecular weight excluding hydrogens is 337 g/mol. The molecule has 1 aromatic rings. The highest BCUT2D eigenvalue weighted by Crippen LogP contribution is 2.42. The van der Waals surface area contributed by atoms with Crippen LogP contribution in [0.5, 0.6) is 0 Å². The zero-order valence-electron chi connectivity index (χ0n) is 13.7. The second-order valence-electron chi connectivity index (χ2n) is 7.00. The van der Waals surface area contributed by atoms with Crippen molar-refractivity contribution in [2.24, 2.45) is 11.3 Å². The smallest absolute Gasteiger partial charge is 0.416 e. The van der Waals surface area contributed by atoms with Crippen molar-refractivity contribution < 1.29 is 27.9 Å². The maximum atomic E-state index is 12.8. The van der Waals surface area contributed by atoms with E-state index in [0.29, 0.717) is 19.6 Å². The number of alkyl halides is 3. The maximum absolute atomic E-state index is 12.8. The Morgan fingerprint density at radius 1 is 1.28 bits per heavy atom. The lowest BCUT2D eigenvalue weighted by Crippen LogP contribution is -2.41. The van der Waals surface area contributed by atoms with Crippen LogP contribution < -0.4 is 0 Å². The van der Waals surface area contributed by atoms with Crippen molar-refractivity contribution >= 4 is 11.9 Å². The van der Waals surface area contributed by atoms with E-state index >= 15 is 0 Å². The molecule has 2 fully saturated rings. The predicted octanol–water partition coefficient (Wildman–Crippen LogP) is 1.72. The van der Waals surface area contributed by atoms with E-state index in [2.05, 4.69) is 0 Å². The van der Waals surface area contributed by atoms with E-state index in [4.69, 9.17) is 0 Å². The van der Waals surface area contributed by atoms with Gasteiger partial charge in [0, 0.05) is 32.1 Å². The number of carbonyl (C=O) groups is 2. The second kappa shape index (κ2) is 6.01. The Bertz CT molecular complexity index is 707. The Hall–Kier alpha value is -2.09. The Labute approximate surface area is 143 Å². The lowest BCUT2D eigenvalue weighted by atomic mass is 9.81. The van der Waals surface area contributed by atoms with Crippen LogP contribution in [0, 0.1) is 11.3 Å². The first kappa shape index (κ1) is 17.7. The number of nitrogens with zero attached hydrogens (tertiary/aromatic N) is 2. The first-order chi connectivity index (χ1) is 11.6. The first-order valence-corrected chi connectivity index (χ1v) is 7.98. The molecule has 0 unspecified atom stereocenters. The SMILES string of the molecule is CN1C[C@@H]2CN(C(=O)Cc3cccc(C(F)(F)F)c3)C[C@]2(C(=O)O)C1. The number of hydrogen-bond donors (Lipinski definition) is 1. The molecule has 8 heteroatoms. The standard InChI is InChI=1S/C17H19F3N2O3/c1-21-7-13-8-22(10-16(13,9-21)15(24)25)14(23)6-11-3-2-4-12(5-11)17(18,19)20/h2-5,13H,6-10H2,1H3,(H,24,25)/t13-,16-/m1/s1. The number of likely N-dealkylation sites (tertiary alicyclic amines) is 2. The molecule has 0 saturated carbocycles. The molecule has 0 aromatic heterocycles. The van der Waals surface area contributed by atoms with Crippen molar-refractivity contribution in [3.63, 3.8) is 0 Å². The van der Waals surface area contributed by atoms with Gasteiger partial charge in [-0.1, -0.05) is 18.2 Å². The molecule has 2 atom stereocenters. The quantitative estimate of drug-likeness (QED) is 0.896. The number of amides is 1. The highest BCUT2D eigenvalue weighted by molar-refractivity contribution is 5.83. The minimum absolute atomic E-state index is 0.106. The summed E-state index contributed by atoms with van der Waals surface area (Å²) in [6, 6.07) is 4.68. The molecule has 25 heavy (non-hydrogen) atoms. The van der Waals surface area contributed by atoms with Crippen molar-refractivity contribution in [2.45, 2.75) is 12.6 Å². The number of carbonyl (C=O) groups excluding carboxylic acids is 1. The Balaban J connectivity index is 1.73.